The minimum Gasteiger partial charge on any atom is -0.491 e. The second kappa shape index (κ2) is 59.0. The highest BCUT2D eigenvalue weighted by atomic mass is 19.2. The molecule has 0 spiro atoms. The van der Waals surface area contributed by atoms with Crippen LogP contribution in [0.2, 0.25) is 0 Å². The minimum absolute atomic E-state index is 0.00248. The van der Waals surface area contributed by atoms with Crippen LogP contribution in [0.3, 0.4) is 0 Å². The Hall–Kier alpha value is -7.38. The van der Waals surface area contributed by atoms with E-state index >= 15 is 0 Å². The fourth-order valence-electron chi connectivity index (χ4n) is 24.9. The van der Waals surface area contributed by atoms with Gasteiger partial charge in [-0.15, -0.1) is 13.2 Å². The average molecular weight is 1940 g/mol. The van der Waals surface area contributed by atoms with E-state index in [4.69, 9.17) is 47.4 Å². The molecule has 20 heteroatoms. The van der Waals surface area contributed by atoms with Crippen LogP contribution in [0.4, 0.5) is 43.9 Å². The number of halogens is 10. The zero-order valence-electron chi connectivity index (χ0n) is 85.1. The maximum absolute atomic E-state index is 14.2. The third-order valence-electron chi connectivity index (χ3n) is 33.5. The van der Waals surface area contributed by atoms with Crippen LogP contribution in [-0.4, -0.2) is 66.1 Å². The first-order valence-corrected chi connectivity index (χ1v) is 54.7. The average Bonchev–Trinajstić information content (AvgIpc) is 0.848. The van der Waals surface area contributed by atoms with Gasteiger partial charge >= 0.3 is 0 Å². The van der Waals surface area contributed by atoms with E-state index < -0.39 is 58.2 Å². The first-order valence-electron chi connectivity index (χ1n) is 54.7. The molecular weight excluding hydrogens is 1770 g/mol. The van der Waals surface area contributed by atoms with Crippen molar-refractivity contribution in [2.24, 2.45) is 118 Å². The van der Waals surface area contributed by atoms with Gasteiger partial charge in [0.15, 0.2) is 57.5 Å². The summed E-state index contributed by atoms with van der Waals surface area (Å²) in [5.74, 6) is 5.13. The third kappa shape index (κ3) is 33.4. The van der Waals surface area contributed by atoms with Gasteiger partial charge < -0.3 is 47.4 Å². The van der Waals surface area contributed by atoms with Gasteiger partial charge in [-0.2, -0.15) is 43.9 Å². The molecule has 0 amide bonds. The number of benzene rings is 5. The Kier molecular flexibility index (Phi) is 47.5. The van der Waals surface area contributed by atoms with Gasteiger partial charge in [0.05, 0.1) is 66.1 Å². The van der Waals surface area contributed by atoms with Gasteiger partial charge in [0.1, 0.15) is 0 Å². The van der Waals surface area contributed by atoms with Crippen LogP contribution in [0.1, 0.15) is 338 Å². The molecule has 0 saturated heterocycles. The monoisotopic (exact) mass is 1940 g/mol. The van der Waals surface area contributed by atoms with E-state index in [0.717, 1.165) is 159 Å². The first kappa shape index (κ1) is 111. The van der Waals surface area contributed by atoms with Crippen molar-refractivity contribution < 1.29 is 91.3 Å². The van der Waals surface area contributed by atoms with Crippen LogP contribution in [0.25, 0.3) is 0 Å². The summed E-state index contributed by atoms with van der Waals surface area (Å²) in [6.07, 6.45) is 64.5. The minimum atomic E-state index is -0.965. The summed E-state index contributed by atoms with van der Waals surface area (Å²) in [5, 5.41) is 0. The van der Waals surface area contributed by atoms with Gasteiger partial charge in [-0.05, 0) is 451 Å². The molecule has 0 aromatic heterocycles. The Morgan fingerprint density at radius 2 is 0.406 bits per heavy atom. The van der Waals surface area contributed by atoms with Crippen LogP contribution in [0, 0.1) is 177 Å². The quantitative estimate of drug-likeness (QED) is 0.0283. The Morgan fingerprint density at radius 1 is 0.225 bits per heavy atom. The van der Waals surface area contributed by atoms with Crippen molar-refractivity contribution in [3.05, 3.63) is 156 Å². The molecule has 10 nitrogen and oxygen atoms in total. The van der Waals surface area contributed by atoms with Crippen molar-refractivity contribution in [2.45, 2.75) is 338 Å². The lowest BCUT2D eigenvalue weighted by molar-refractivity contribution is 0.120. The van der Waals surface area contributed by atoms with Crippen LogP contribution >= 0.6 is 0 Å². The molecule has 0 radical (unpaired) electrons. The molecule has 0 unspecified atom stereocenters. The van der Waals surface area contributed by atoms with E-state index in [9.17, 15) is 43.9 Å². The maximum Gasteiger partial charge on any atom is 0.204 e. The number of hydrogen-bond donors (Lipinski definition) is 0. The van der Waals surface area contributed by atoms with Gasteiger partial charge in [-0.25, -0.2) is 0 Å². The second-order valence-corrected chi connectivity index (χ2v) is 42.3. The number of allylic oxidation sites excluding steroid dienone is 4. The van der Waals surface area contributed by atoms with Crippen molar-refractivity contribution >= 4 is 0 Å². The maximum atomic E-state index is 14.2. The fourth-order valence-corrected chi connectivity index (χ4v) is 24.9. The van der Waals surface area contributed by atoms with Crippen molar-refractivity contribution in [3.63, 3.8) is 0 Å². The lowest BCUT2D eigenvalue weighted by atomic mass is 9.69. The summed E-state index contributed by atoms with van der Waals surface area (Å²) in [7, 11) is 0. The molecule has 0 atom stereocenters. The Bertz CT molecular complexity index is 4350. The van der Waals surface area contributed by atoms with E-state index in [1.54, 1.807) is 27.7 Å². The topological polar surface area (TPSA) is 92.3 Å². The van der Waals surface area contributed by atoms with Crippen molar-refractivity contribution in [1.29, 1.82) is 0 Å². The van der Waals surface area contributed by atoms with E-state index in [1.807, 2.05) is 6.92 Å². The summed E-state index contributed by atoms with van der Waals surface area (Å²) < 4.78 is 194. The summed E-state index contributed by atoms with van der Waals surface area (Å²) in [6.45, 7) is 27.4. The third-order valence-corrected chi connectivity index (χ3v) is 33.5. The smallest absolute Gasteiger partial charge is 0.204 e. The molecule has 5 aromatic rings. The lowest BCUT2D eigenvalue weighted by Crippen LogP contribution is -2.27. The standard InChI is InChI=1S/C24H34F2O2.C24H36F2O2.C24H34F2O2.C23H34F2O2.C23H32F2O2/c1-3-15-27-21-13-14-22(24(26)23(21)25)28-16-18-7-11-20(12-8-18)19-9-5-17(4-2)6-10-19;2*1-3-5-17-6-10-19(11-7-17)20-12-8-18(9-13-20)16-28-22-15-14-21(27-4-2)23(25)24(22)26;2*1-3-16-5-9-18(10-6-16)19-11-7-17(8-12-19)15-27-21-14-13-20(26-4-2)22(24)23(21)25/h4,13-14,17-20H,2-3,5-12,15-16H2,1H3;14-15,17-20H,3-13,16H2,1-2H3;3,5,14-15,17-20H,4,6-13,16H2,1-2H3;13-14,16-19H,3-12,15H2,1-2H3;3,13-14,16-19H,1,4-12,15H2,2H3/b;;5-3+;;. The van der Waals surface area contributed by atoms with Gasteiger partial charge in [-0.3, -0.25) is 0 Å². The van der Waals surface area contributed by atoms with Gasteiger partial charge in [0.25, 0.3) is 0 Å². The normalized spacial score (nSPS) is 28.4. The number of ether oxygens (including phenoxy) is 10. The Balaban J connectivity index is 0.000000165. The molecule has 10 saturated carbocycles. The van der Waals surface area contributed by atoms with Crippen LogP contribution < -0.4 is 47.4 Å². The van der Waals surface area contributed by atoms with E-state index in [-0.39, 0.29) is 57.5 Å². The Labute approximate surface area is 822 Å². The highest BCUT2D eigenvalue weighted by Crippen LogP contribution is 2.50. The summed E-state index contributed by atoms with van der Waals surface area (Å²) in [5.41, 5.74) is 0. The molecular formula is C118H170F10O10. The molecule has 772 valence electrons. The summed E-state index contributed by atoms with van der Waals surface area (Å²) in [6, 6.07) is 14.6. The predicted molar refractivity (Wildman–Crippen MR) is 535 cm³/mol. The predicted octanol–water partition coefficient (Wildman–Crippen LogP) is 34.3. The van der Waals surface area contributed by atoms with Gasteiger partial charge in [0, 0.05) is 0 Å². The second-order valence-electron chi connectivity index (χ2n) is 42.3. The van der Waals surface area contributed by atoms with E-state index in [1.165, 1.54) is 273 Å². The SMILES string of the molecule is C/C=C/C1CCC(C2CCC(COc3ccc(OCC)c(F)c3F)CC2)CC1.C=CC1CCC(C2CCC(COc3ccc(OCC)c(F)c3F)CC2)CC1.C=CC1CCC(C2CCC(COc3ccc(OCCC)c(F)c3F)CC2)CC1.CCCC1CCC(C2CCC(COc3ccc(OCC)c(F)c3F)CC2)CC1.CCOc1ccc(OCC2CCC(C3CCC(CC)CC3)CC2)c(F)c1F. The van der Waals surface area contributed by atoms with Crippen LogP contribution in [0.5, 0.6) is 57.5 Å². The van der Waals surface area contributed by atoms with Crippen LogP contribution in [-0.2, 0) is 0 Å². The largest absolute Gasteiger partial charge is 0.491 e. The lowest BCUT2D eigenvalue weighted by Gasteiger charge is -2.37. The summed E-state index contributed by atoms with van der Waals surface area (Å²) in [4.78, 5) is 0. The fraction of sp³-hybridized carbons (Fsp3) is 0.695. The molecule has 15 rings (SSSR count). The van der Waals surface area contributed by atoms with E-state index in [0.29, 0.717) is 95.7 Å². The Morgan fingerprint density at radius 3 is 0.587 bits per heavy atom. The molecule has 0 N–H and O–H groups in total. The molecule has 10 fully saturated rings. The van der Waals surface area contributed by atoms with Crippen molar-refractivity contribution in [2.75, 3.05) is 66.1 Å². The van der Waals surface area contributed by atoms with E-state index in [2.05, 4.69) is 58.2 Å². The number of rotatable bonds is 37. The molecule has 138 heavy (non-hydrogen) atoms. The molecule has 10 aliphatic carbocycles. The molecule has 5 aromatic carbocycles. The highest BCUT2D eigenvalue weighted by Gasteiger charge is 2.38. The molecule has 0 bridgehead atoms. The molecule has 10 aliphatic rings. The zero-order valence-corrected chi connectivity index (χ0v) is 85.1. The summed E-state index contributed by atoms with van der Waals surface area (Å²) >= 11 is 0. The highest BCUT2D eigenvalue weighted by molar-refractivity contribution is 5.39. The van der Waals surface area contributed by atoms with Crippen molar-refractivity contribution in [3.8, 4) is 57.5 Å². The first-order chi connectivity index (χ1) is 67.1. The molecule has 0 aliphatic heterocycles. The van der Waals surface area contributed by atoms with Gasteiger partial charge in [-0.1, -0.05) is 90.0 Å². The zero-order chi connectivity index (χ0) is 98.2. The molecule has 0 heterocycles. The van der Waals surface area contributed by atoms with Crippen LogP contribution in [0.15, 0.2) is 98.1 Å². The van der Waals surface area contributed by atoms with Gasteiger partial charge in [0.2, 0.25) is 58.2 Å². The number of hydrogen-bond acceptors (Lipinski definition) is 10. The van der Waals surface area contributed by atoms with Crippen molar-refractivity contribution in [1.82, 2.24) is 0 Å².